The summed E-state index contributed by atoms with van der Waals surface area (Å²) < 4.78 is 0. The third kappa shape index (κ3) is 2.96. The smallest absolute Gasteiger partial charge is 0.234 e. The van der Waals surface area contributed by atoms with E-state index < -0.39 is 5.54 Å². The van der Waals surface area contributed by atoms with Gasteiger partial charge in [-0.15, -0.1) is 18.2 Å². The van der Waals surface area contributed by atoms with Gasteiger partial charge in [0.05, 0.1) is 10.8 Å². The molecule has 0 saturated carbocycles. The van der Waals surface area contributed by atoms with E-state index in [-0.39, 0.29) is 11.2 Å². The molecule has 1 atom stereocenters. The third-order valence-electron chi connectivity index (χ3n) is 2.02. The van der Waals surface area contributed by atoms with Gasteiger partial charge in [-0.1, -0.05) is 5.92 Å². The van der Waals surface area contributed by atoms with E-state index in [1.807, 2.05) is 13.8 Å². The van der Waals surface area contributed by atoms with Gasteiger partial charge in [-0.2, -0.15) is 0 Å². The first-order valence-electron chi connectivity index (χ1n) is 4.46. The Morgan fingerprint density at radius 2 is 2.38 bits per heavy atom. The van der Waals surface area contributed by atoms with Crippen LogP contribution in [-0.2, 0) is 4.79 Å². The maximum absolute atomic E-state index is 11.6. The summed E-state index contributed by atoms with van der Waals surface area (Å²) >= 11 is 1.72. The maximum atomic E-state index is 11.6. The predicted molar refractivity (Wildman–Crippen MR) is 56.5 cm³/mol. The largest absolute Gasteiger partial charge is 0.339 e. The molecule has 1 saturated heterocycles. The Balaban J connectivity index is 2.45. The molecule has 1 aliphatic heterocycles. The van der Waals surface area contributed by atoms with Crippen molar-refractivity contribution in [3.8, 4) is 12.3 Å². The number of carbonyl (C=O) groups is 1. The minimum atomic E-state index is -0.514. The van der Waals surface area contributed by atoms with Crippen LogP contribution in [-0.4, -0.2) is 22.4 Å². The third-order valence-corrected chi connectivity index (χ3v) is 3.40. The standard InChI is InChI=1S/C10H15NOS/c1-4-10(2,3)11-9(12)8-6-5-7-13-8/h1,8H,5-7H2,2-3H3,(H,11,12). The highest BCUT2D eigenvalue weighted by Crippen LogP contribution is 2.26. The molecule has 0 aromatic carbocycles. The highest BCUT2D eigenvalue weighted by molar-refractivity contribution is 8.00. The summed E-state index contributed by atoms with van der Waals surface area (Å²) in [7, 11) is 0. The first-order valence-corrected chi connectivity index (χ1v) is 5.51. The van der Waals surface area contributed by atoms with Crippen molar-refractivity contribution in [3.05, 3.63) is 0 Å². The normalized spacial score (nSPS) is 22.4. The van der Waals surface area contributed by atoms with Crippen LogP contribution >= 0.6 is 11.8 Å². The summed E-state index contributed by atoms with van der Waals surface area (Å²) in [6, 6.07) is 0. The Labute approximate surface area is 83.9 Å². The second-order valence-electron chi connectivity index (χ2n) is 3.76. The van der Waals surface area contributed by atoms with Crippen molar-refractivity contribution in [1.29, 1.82) is 0 Å². The molecule has 13 heavy (non-hydrogen) atoms. The van der Waals surface area contributed by atoms with Gasteiger partial charge in [0.25, 0.3) is 0 Å². The van der Waals surface area contributed by atoms with Crippen molar-refractivity contribution in [3.63, 3.8) is 0 Å². The van der Waals surface area contributed by atoms with Gasteiger partial charge < -0.3 is 5.32 Å². The molecule has 0 aromatic heterocycles. The highest BCUT2D eigenvalue weighted by Gasteiger charge is 2.27. The molecule has 0 bridgehead atoms. The van der Waals surface area contributed by atoms with Gasteiger partial charge in [0.1, 0.15) is 0 Å². The van der Waals surface area contributed by atoms with Crippen molar-refractivity contribution in [2.75, 3.05) is 5.75 Å². The monoisotopic (exact) mass is 197 g/mol. The molecule has 0 aliphatic carbocycles. The Morgan fingerprint density at radius 1 is 1.69 bits per heavy atom. The lowest BCUT2D eigenvalue weighted by atomic mass is 10.1. The molecule has 1 unspecified atom stereocenters. The molecule has 72 valence electrons. The summed E-state index contributed by atoms with van der Waals surface area (Å²) in [4.78, 5) is 11.6. The lowest BCUT2D eigenvalue weighted by Crippen LogP contribution is -2.45. The second kappa shape index (κ2) is 4.06. The highest BCUT2D eigenvalue weighted by atomic mass is 32.2. The molecule has 0 spiro atoms. The Hall–Kier alpha value is -0.620. The van der Waals surface area contributed by atoms with Gasteiger partial charge in [0.2, 0.25) is 5.91 Å². The summed E-state index contributed by atoms with van der Waals surface area (Å²) in [6.45, 7) is 3.68. The number of hydrogen-bond donors (Lipinski definition) is 1. The summed E-state index contributed by atoms with van der Waals surface area (Å²) in [5, 5.41) is 2.97. The van der Waals surface area contributed by atoms with Gasteiger partial charge in [-0.3, -0.25) is 4.79 Å². The zero-order valence-corrected chi connectivity index (χ0v) is 8.91. The first-order chi connectivity index (χ1) is 6.05. The van der Waals surface area contributed by atoms with Crippen LogP contribution in [0.4, 0.5) is 0 Å². The Morgan fingerprint density at radius 3 is 2.85 bits per heavy atom. The fourth-order valence-electron chi connectivity index (χ4n) is 1.21. The fourth-order valence-corrected chi connectivity index (χ4v) is 2.37. The van der Waals surface area contributed by atoms with Crippen LogP contribution in [0.1, 0.15) is 26.7 Å². The maximum Gasteiger partial charge on any atom is 0.234 e. The van der Waals surface area contributed by atoms with Crippen LogP contribution in [0.2, 0.25) is 0 Å². The van der Waals surface area contributed by atoms with Crippen LogP contribution in [0.15, 0.2) is 0 Å². The number of hydrogen-bond acceptors (Lipinski definition) is 2. The van der Waals surface area contributed by atoms with Crippen LogP contribution in [0.5, 0.6) is 0 Å². The van der Waals surface area contributed by atoms with Gasteiger partial charge in [-0.05, 0) is 32.4 Å². The van der Waals surface area contributed by atoms with Crippen molar-refractivity contribution < 1.29 is 4.79 Å². The van der Waals surface area contributed by atoms with Crippen molar-refractivity contribution in [2.24, 2.45) is 0 Å². The molecule has 1 heterocycles. The van der Waals surface area contributed by atoms with Gasteiger partial charge in [-0.25, -0.2) is 0 Å². The first kappa shape index (κ1) is 10.5. The topological polar surface area (TPSA) is 29.1 Å². The molecule has 1 rings (SSSR count). The van der Waals surface area contributed by atoms with Crippen LogP contribution in [0.3, 0.4) is 0 Å². The van der Waals surface area contributed by atoms with Gasteiger partial charge in [0.15, 0.2) is 0 Å². The Kier molecular flexibility index (Phi) is 3.27. The second-order valence-corrected chi connectivity index (χ2v) is 5.07. The lowest BCUT2D eigenvalue weighted by Gasteiger charge is -2.21. The minimum Gasteiger partial charge on any atom is -0.339 e. The van der Waals surface area contributed by atoms with E-state index in [0.29, 0.717) is 0 Å². The Bertz CT molecular complexity index is 236. The molecule has 1 fully saturated rings. The van der Waals surface area contributed by atoms with E-state index in [0.717, 1.165) is 18.6 Å². The van der Waals surface area contributed by atoms with E-state index in [9.17, 15) is 4.79 Å². The molecule has 1 amide bonds. The number of terminal acetylenes is 1. The number of thioether (sulfide) groups is 1. The van der Waals surface area contributed by atoms with E-state index in [1.165, 1.54) is 0 Å². The number of nitrogens with one attached hydrogen (secondary N) is 1. The van der Waals surface area contributed by atoms with E-state index in [1.54, 1.807) is 11.8 Å². The van der Waals surface area contributed by atoms with Crippen LogP contribution in [0.25, 0.3) is 0 Å². The number of carbonyl (C=O) groups excluding carboxylic acids is 1. The van der Waals surface area contributed by atoms with Crippen LogP contribution < -0.4 is 5.32 Å². The number of amides is 1. The summed E-state index contributed by atoms with van der Waals surface area (Å²) in [5.41, 5.74) is -0.514. The fraction of sp³-hybridized carbons (Fsp3) is 0.700. The van der Waals surface area contributed by atoms with Gasteiger partial charge in [0, 0.05) is 0 Å². The average molecular weight is 197 g/mol. The van der Waals surface area contributed by atoms with Crippen molar-refractivity contribution in [2.45, 2.75) is 37.5 Å². The quantitative estimate of drug-likeness (QED) is 0.678. The molecule has 3 heteroatoms. The molecular formula is C10H15NOS. The molecule has 2 nitrogen and oxygen atoms in total. The van der Waals surface area contributed by atoms with Crippen molar-refractivity contribution >= 4 is 17.7 Å². The summed E-state index contributed by atoms with van der Waals surface area (Å²) in [5.74, 6) is 3.73. The van der Waals surface area contributed by atoms with E-state index >= 15 is 0 Å². The average Bonchev–Trinajstić information content (AvgIpc) is 2.55. The zero-order valence-electron chi connectivity index (χ0n) is 8.09. The van der Waals surface area contributed by atoms with Gasteiger partial charge >= 0.3 is 0 Å². The number of rotatable bonds is 2. The van der Waals surface area contributed by atoms with Crippen LogP contribution in [0, 0.1) is 12.3 Å². The minimum absolute atomic E-state index is 0.0884. The molecule has 1 N–H and O–H groups in total. The zero-order chi connectivity index (χ0) is 9.90. The van der Waals surface area contributed by atoms with E-state index in [4.69, 9.17) is 6.42 Å². The molecule has 1 aliphatic rings. The molecule has 0 aromatic rings. The summed E-state index contributed by atoms with van der Waals surface area (Å²) in [6.07, 6.45) is 7.40. The molecule has 0 radical (unpaired) electrons. The molecular weight excluding hydrogens is 182 g/mol. The SMILES string of the molecule is C#CC(C)(C)NC(=O)C1CCCS1. The van der Waals surface area contributed by atoms with Crippen molar-refractivity contribution in [1.82, 2.24) is 5.32 Å². The predicted octanol–water partition coefficient (Wildman–Crippen LogP) is 1.41. The van der Waals surface area contributed by atoms with E-state index in [2.05, 4.69) is 11.2 Å². The lowest BCUT2D eigenvalue weighted by molar-refractivity contribution is -0.121.